The molecular formula is C14H15N7OS. The van der Waals surface area contributed by atoms with Gasteiger partial charge in [-0.1, -0.05) is 0 Å². The summed E-state index contributed by atoms with van der Waals surface area (Å²) in [5, 5.41) is 16.3. The molecule has 0 fully saturated rings. The number of aromatic nitrogens is 4. The molecule has 9 heteroatoms. The molecule has 1 aliphatic rings. The number of carbonyl (C=O) groups excluding carboxylic acids is 1. The molecule has 0 radical (unpaired) electrons. The van der Waals surface area contributed by atoms with Crippen molar-refractivity contribution in [3.63, 3.8) is 0 Å². The minimum atomic E-state index is -0.163. The van der Waals surface area contributed by atoms with Gasteiger partial charge >= 0.3 is 0 Å². The molecule has 4 heterocycles. The molecule has 8 nitrogen and oxygen atoms in total. The normalized spacial score (nSPS) is 14.6. The first-order valence-corrected chi connectivity index (χ1v) is 8.19. The average molecular weight is 329 g/mol. The van der Waals surface area contributed by atoms with Crippen molar-refractivity contribution in [3.05, 3.63) is 28.9 Å². The molecular weight excluding hydrogens is 314 g/mol. The average Bonchev–Trinajstić information content (AvgIpc) is 3.17. The summed E-state index contributed by atoms with van der Waals surface area (Å²) < 4.78 is 1.62. The number of anilines is 3. The van der Waals surface area contributed by atoms with Gasteiger partial charge in [-0.2, -0.15) is 9.61 Å². The second kappa shape index (κ2) is 5.51. The summed E-state index contributed by atoms with van der Waals surface area (Å²) in [4.78, 5) is 21.4. The number of hydrogen-bond acceptors (Lipinski definition) is 7. The fraction of sp³-hybridized carbons (Fsp3) is 0.286. The fourth-order valence-electron chi connectivity index (χ4n) is 2.52. The highest BCUT2D eigenvalue weighted by Crippen LogP contribution is 2.24. The van der Waals surface area contributed by atoms with E-state index in [-0.39, 0.29) is 5.91 Å². The molecule has 4 rings (SSSR count). The molecule has 0 spiro atoms. The summed E-state index contributed by atoms with van der Waals surface area (Å²) >= 11 is 1.55. The Morgan fingerprint density at radius 1 is 1.39 bits per heavy atom. The molecule has 118 valence electrons. The topological polar surface area (TPSA) is 96.2 Å². The van der Waals surface area contributed by atoms with Crippen LogP contribution >= 0.6 is 11.3 Å². The summed E-state index contributed by atoms with van der Waals surface area (Å²) in [5.41, 5.74) is 1.99. The number of fused-ring (bicyclic) bond motifs is 3. The molecule has 0 saturated carbocycles. The maximum absolute atomic E-state index is 12.4. The van der Waals surface area contributed by atoms with Crippen LogP contribution in [0.1, 0.15) is 22.5 Å². The van der Waals surface area contributed by atoms with Gasteiger partial charge in [0.1, 0.15) is 17.2 Å². The number of amides is 1. The molecule has 3 aromatic heterocycles. The Morgan fingerprint density at radius 3 is 3.17 bits per heavy atom. The van der Waals surface area contributed by atoms with Gasteiger partial charge in [0.2, 0.25) is 0 Å². The van der Waals surface area contributed by atoms with E-state index in [9.17, 15) is 4.79 Å². The number of nitrogens with zero attached hydrogens (tertiary/aromatic N) is 4. The second-order valence-corrected chi connectivity index (χ2v) is 6.06. The van der Waals surface area contributed by atoms with Crippen molar-refractivity contribution in [1.82, 2.24) is 24.9 Å². The highest BCUT2D eigenvalue weighted by Gasteiger charge is 2.17. The first kappa shape index (κ1) is 13.9. The van der Waals surface area contributed by atoms with Gasteiger partial charge in [-0.3, -0.25) is 4.79 Å². The summed E-state index contributed by atoms with van der Waals surface area (Å²) in [6, 6.07) is 1.84. The molecule has 0 aromatic carbocycles. The van der Waals surface area contributed by atoms with Gasteiger partial charge in [-0.25, -0.2) is 9.97 Å². The number of thiazole rings is 1. The zero-order valence-electron chi connectivity index (χ0n) is 12.5. The van der Waals surface area contributed by atoms with Gasteiger partial charge in [-0.15, -0.1) is 11.3 Å². The van der Waals surface area contributed by atoms with Crippen molar-refractivity contribution in [2.45, 2.75) is 12.8 Å². The largest absolute Gasteiger partial charge is 0.373 e. The maximum Gasteiger partial charge on any atom is 0.256 e. The van der Waals surface area contributed by atoms with E-state index in [1.807, 2.05) is 11.4 Å². The molecule has 1 aliphatic heterocycles. The van der Waals surface area contributed by atoms with E-state index in [1.165, 1.54) is 0 Å². The third-order valence-electron chi connectivity index (χ3n) is 3.65. The predicted molar refractivity (Wildman–Crippen MR) is 88.6 cm³/mol. The van der Waals surface area contributed by atoms with E-state index >= 15 is 0 Å². The number of rotatable bonds is 1. The van der Waals surface area contributed by atoms with E-state index in [4.69, 9.17) is 0 Å². The van der Waals surface area contributed by atoms with Crippen LogP contribution in [0.5, 0.6) is 0 Å². The van der Waals surface area contributed by atoms with Crippen LogP contribution in [0.2, 0.25) is 0 Å². The van der Waals surface area contributed by atoms with Crippen molar-refractivity contribution >= 4 is 39.7 Å². The predicted octanol–water partition coefficient (Wildman–Crippen LogP) is 1.65. The molecule has 4 bridgehead atoms. The van der Waals surface area contributed by atoms with Crippen LogP contribution in [-0.4, -0.2) is 39.1 Å². The molecule has 23 heavy (non-hydrogen) atoms. The van der Waals surface area contributed by atoms with Gasteiger partial charge in [0.15, 0.2) is 10.8 Å². The minimum Gasteiger partial charge on any atom is -0.373 e. The van der Waals surface area contributed by atoms with Crippen LogP contribution in [0.3, 0.4) is 0 Å². The maximum atomic E-state index is 12.4. The smallest absolute Gasteiger partial charge is 0.256 e. The Bertz CT molecular complexity index is 885. The van der Waals surface area contributed by atoms with Gasteiger partial charge in [-0.05, 0) is 12.8 Å². The van der Waals surface area contributed by atoms with Crippen molar-refractivity contribution in [2.24, 2.45) is 0 Å². The van der Waals surface area contributed by atoms with Crippen LogP contribution in [0.4, 0.5) is 16.8 Å². The van der Waals surface area contributed by atoms with E-state index in [2.05, 4.69) is 31.0 Å². The van der Waals surface area contributed by atoms with Crippen molar-refractivity contribution in [1.29, 1.82) is 0 Å². The third-order valence-corrected chi connectivity index (χ3v) is 4.46. The molecule has 3 aromatic rings. The highest BCUT2D eigenvalue weighted by atomic mass is 32.1. The molecule has 0 saturated heterocycles. The van der Waals surface area contributed by atoms with E-state index in [0.717, 1.165) is 29.5 Å². The summed E-state index contributed by atoms with van der Waals surface area (Å²) in [6.07, 6.45) is 3.21. The first-order valence-electron chi connectivity index (χ1n) is 7.31. The molecule has 0 unspecified atom stereocenters. The Hall–Kier alpha value is -2.68. The second-order valence-electron chi connectivity index (χ2n) is 5.20. The van der Waals surface area contributed by atoms with Crippen molar-refractivity contribution in [2.75, 3.05) is 24.2 Å². The Morgan fingerprint density at radius 2 is 2.30 bits per heavy atom. The van der Waals surface area contributed by atoms with Crippen LogP contribution in [0.25, 0.3) is 5.65 Å². The number of nitrogens with one attached hydrogen (secondary N) is 3. The van der Waals surface area contributed by atoms with Gasteiger partial charge in [0.05, 0.1) is 11.9 Å². The fourth-order valence-corrected chi connectivity index (χ4v) is 3.27. The standard InChI is InChI=1S/C14H15N7OS/c1-15-11-5-10-19-12-9(6-17-21(11)12)13(22)16-4-2-3-8-7-23-14(18-8)20-10/h5-7,15H,2-4H2,1H3,(H,16,22)(H,18,19,20). The Labute approximate surface area is 136 Å². The minimum absolute atomic E-state index is 0.163. The lowest BCUT2D eigenvalue weighted by Gasteiger charge is -2.08. The quantitative estimate of drug-likeness (QED) is 0.628. The molecule has 0 aliphatic carbocycles. The van der Waals surface area contributed by atoms with Crippen LogP contribution < -0.4 is 16.0 Å². The Kier molecular flexibility index (Phi) is 3.34. The number of aryl methyl sites for hydroxylation is 1. The van der Waals surface area contributed by atoms with Crippen LogP contribution in [-0.2, 0) is 6.42 Å². The lowest BCUT2D eigenvalue weighted by Crippen LogP contribution is -2.24. The van der Waals surface area contributed by atoms with Crippen molar-refractivity contribution < 1.29 is 4.79 Å². The zero-order valence-corrected chi connectivity index (χ0v) is 13.3. The number of carbonyl (C=O) groups is 1. The summed E-state index contributed by atoms with van der Waals surface area (Å²) in [7, 11) is 1.80. The van der Waals surface area contributed by atoms with Gasteiger partial charge in [0.25, 0.3) is 5.91 Å². The van der Waals surface area contributed by atoms with Gasteiger partial charge < -0.3 is 16.0 Å². The lowest BCUT2D eigenvalue weighted by molar-refractivity contribution is 0.0954. The van der Waals surface area contributed by atoms with E-state index < -0.39 is 0 Å². The monoisotopic (exact) mass is 329 g/mol. The van der Waals surface area contributed by atoms with E-state index in [1.54, 1.807) is 29.1 Å². The zero-order chi connectivity index (χ0) is 15.8. The van der Waals surface area contributed by atoms with Crippen molar-refractivity contribution in [3.8, 4) is 0 Å². The highest BCUT2D eigenvalue weighted by molar-refractivity contribution is 7.13. The van der Waals surface area contributed by atoms with E-state index in [0.29, 0.717) is 23.6 Å². The number of hydrogen-bond donors (Lipinski definition) is 3. The molecule has 0 atom stereocenters. The SMILES string of the molecule is CNc1cc2nc3c(cnn13)C(=O)NCCCc1csc(n1)N2. The molecule has 3 N–H and O–H groups in total. The molecule has 1 amide bonds. The van der Waals surface area contributed by atoms with Crippen LogP contribution in [0, 0.1) is 0 Å². The van der Waals surface area contributed by atoms with Gasteiger partial charge in [0, 0.05) is 25.0 Å². The summed E-state index contributed by atoms with van der Waals surface area (Å²) in [6.45, 7) is 0.592. The lowest BCUT2D eigenvalue weighted by atomic mass is 10.2. The third kappa shape index (κ3) is 2.48. The van der Waals surface area contributed by atoms with Crippen LogP contribution in [0.15, 0.2) is 17.6 Å². The Balaban J connectivity index is 1.88. The summed E-state index contributed by atoms with van der Waals surface area (Å²) in [5.74, 6) is 1.20. The first-order chi connectivity index (χ1) is 11.2.